The second kappa shape index (κ2) is 96.2. The number of phosphoric acid groups is 2. The van der Waals surface area contributed by atoms with E-state index in [9.17, 15) is 0 Å². The maximum Gasteiger partial charge on any atom is 0.189 e. The second-order valence-electron chi connectivity index (χ2n) is 6.15. The van der Waals surface area contributed by atoms with Gasteiger partial charge in [0.1, 0.15) is 0 Å². The summed E-state index contributed by atoms with van der Waals surface area (Å²) in [7, 11) is -10.5. The van der Waals surface area contributed by atoms with Gasteiger partial charge in [-0.3, -0.25) is 0 Å². The molecule has 3 aromatic carbocycles. The van der Waals surface area contributed by atoms with Crippen molar-refractivity contribution >= 4 is 49.8 Å². The van der Waals surface area contributed by atoms with Crippen LogP contribution < -0.4 is 58.9 Å². The summed E-state index contributed by atoms with van der Waals surface area (Å²) in [6.45, 7) is 0. The summed E-state index contributed by atoms with van der Waals surface area (Å²) in [5.41, 5.74) is 29.9. The summed E-state index contributed by atoms with van der Waals surface area (Å²) >= 11 is 0. The Labute approximate surface area is 396 Å². The predicted octanol–water partition coefficient (Wildman–Crippen LogP) is -10.3. The fraction of sp³-hybridized carbons (Fsp3) is 0. The van der Waals surface area contributed by atoms with Gasteiger partial charge >= 0.3 is 0 Å². The number of anilines is 1. The van der Waals surface area contributed by atoms with E-state index in [4.69, 9.17) is 44.2 Å². The van der Waals surface area contributed by atoms with E-state index >= 15 is 0 Å². The van der Waals surface area contributed by atoms with Gasteiger partial charge in [-0.05, 0) is 6.07 Å². The second-order valence-corrected chi connectivity index (χ2v) is 7.98. The fourth-order valence-electron chi connectivity index (χ4n) is 1.65. The standard InChI is InChI=1S/3C6H8N2.5Mo.2H3O4P.3H2O.15O/c3*7-5-3-1-2-4-6(5)8;;;;;;2*1-5(2,3)4;;;;;;;;;;;;;;;;;;/h3*1-4H,7-8H2;;;;;;2*(H3,1,2,3,4);3*1H2;;;;;;;;;;;;;;;/q;;;;;;;;;;;;;15*-2. The van der Waals surface area contributed by atoms with Gasteiger partial charge in [-0.15, -0.1) is 0 Å². The van der Waals surface area contributed by atoms with E-state index in [1.807, 2.05) is 72.8 Å². The Morgan fingerprint density at radius 3 is 0.561 bits per heavy atom. The molecule has 0 radical (unpaired) electrons. The van der Waals surface area contributed by atoms with Crippen LogP contribution in [0.5, 0.6) is 0 Å². The average Bonchev–Trinajstić information content (AvgIpc) is 2.67. The molecule has 0 fully saturated rings. The molecule has 0 aliphatic heterocycles. The molecular weight excluding hydrogens is 1260 g/mol. The van der Waals surface area contributed by atoms with Crippen LogP contribution in [-0.4, -0.2) is 21.3 Å². The number of para-hydroxylation sites is 1. The van der Waals surface area contributed by atoms with Crippen molar-refractivity contribution in [2.75, 3.05) is 5.73 Å². The monoisotopic (exact) mass is 1300 g/mol. The molecule has 3 aromatic rings. The molecule has 0 amide bonds. The molecule has 0 aromatic heterocycles. The van der Waals surface area contributed by atoms with Gasteiger partial charge in [0.25, 0.3) is 0 Å². The molecule has 0 atom stereocenters. The molecule has 0 saturated carbocycles. The van der Waals surface area contributed by atoms with E-state index < -0.39 is 15.6 Å². The molecule has 3 rings (SSSR count). The number of rotatable bonds is 0. The van der Waals surface area contributed by atoms with Gasteiger partial charge in [-0.25, -0.2) is 0 Å². The first kappa shape index (κ1) is 174. The van der Waals surface area contributed by atoms with Crippen LogP contribution in [0.25, 0.3) is 0 Å². The van der Waals surface area contributed by atoms with E-state index in [1.165, 1.54) is 0 Å². The van der Waals surface area contributed by atoms with Crippen molar-refractivity contribution in [2.24, 2.45) is 0 Å². The van der Waals surface area contributed by atoms with Crippen LogP contribution in [0.4, 0.5) is 34.1 Å². The Bertz CT molecular complexity index is 924. The van der Waals surface area contributed by atoms with Crippen molar-refractivity contribution in [2.45, 2.75) is 0 Å². The number of hydrogen-bond acceptors (Lipinski definition) is 8. The molecule has 0 bridgehead atoms. The SMILES string of the molecule is Nc1ccccc1[NH3+].O.O.O.O=P([O-])([O-])O.O=P([O-])([O-])[O-].[Mo].[Mo].[Mo].[Mo].[Mo].[NH3+]c1ccccc1[NH3+].[NH3+]c1ccccc1[NH3+].[O-2].[O-2].[O-2].[O-2].[O-2].[O-2].[O-2].[O-2].[O-2].[O-2].[O-2].[O-2].[O-2].[O-2].[O-2]. The molecule has 364 valence electrons. The van der Waals surface area contributed by atoms with Crippen LogP contribution in [0.15, 0.2) is 72.8 Å². The third-order valence-corrected chi connectivity index (χ3v) is 3.29. The maximum atomic E-state index is 8.66. The minimum Gasteiger partial charge on any atom is -2.00 e. The Morgan fingerprint density at radius 1 is 0.386 bits per heavy atom. The van der Waals surface area contributed by atoms with Gasteiger partial charge in [-0.2, -0.15) is 7.82 Å². The van der Waals surface area contributed by atoms with Crippen molar-refractivity contribution in [3.8, 4) is 0 Å². The largest absolute Gasteiger partial charge is 2.00 e. The third kappa shape index (κ3) is 150. The Balaban J connectivity index is -0.00000000896. The molecule has 0 unspecified atom stereocenters. The zero-order valence-corrected chi connectivity index (χ0v) is 39.7. The summed E-state index contributed by atoms with van der Waals surface area (Å²) in [5, 5.41) is 0. The van der Waals surface area contributed by atoms with Gasteiger partial charge in [0, 0.05) is 136 Å². The van der Waals surface area contributed by atoms with Crippen LogP contribution in [0, 0.1) is 0 Å². The Hall–Kier alpha value is 0.202. The third-order valence-electron chi connectivity index (χ3n) is 3.29. The smallest absolute Gasteiger partial charge is 0.189 e. The predicted molar refractivity (Wildman–Crippen MR) is 135 cm³/mol. The van der Waals surface area contributed by atoms with Crippen molar-refractivity contribution in [1.82, 2.24) is 0 Å². The summed E-state index contributed by atoms with van der Waals surface area (Å²) in [6, 6.07) is 23.1. The molecule has 0 aliphatic rings. The summed E-state index contributed by atoms with van der Waals surface area (Å²) < 4.78 is 17.2. The topological polar surface area (TPSA) is 856 Å². The molecule has 24 N–H and O–H groups in total. The molecule has 0 heterocycles. The number of quaternary nitrogens is 5. The number of nitrogens with two attached hydrogens (primary N) is 1. The van der Waals surface area contributed by atoms with Gasteiger partial charge in [0.05, 0.1) is 13.5 Å². The number of benzene rings is 3. The van der Waals surface area contributed by atoms with Gasteiger partial charge in [0.15, 0.2) is 28.4 Å². The Morgan fingerprint density at radius 2 is 0.491 bits per heavy atom. The summed E-state index contributed by atoms with van der Waals surface area (Å²) in [4.78, 5) is 49.9. The molecule has 0 saturated heterocycles. The fourth-order valence-corrected chi connectivity index (χ4v) is 1.65. The van der Waals surface area contributed by atoms with Crippen molar-refractivity contribution in [1.29, 1.82) is 0 Å². The van der Waals surface area contributed by atoms with Crippen LogP contribution in [0.2, 0.25) is 0 Å². The van der Waals surface area contributed by atoms with Crippen LogP contribution in [-0.2, 0) is 197 Å². The average molecular weight is 1290 g/mol. The normalized spacial score (nSPS) is 5.95. The van der Waals surface area contributed by atoms with Crippen LogP contribution in [0.3, 0.4) is 0 Å². The van der Waals surface area contributed by atoms with E-state index in [1.54, 1.807) is 0 Å². The minimum absolute atomic E-state index is 0. The van der Waals surface area contributed by atoms with Crippen LogP contribution in [0.1, 0.15) is 0 Å². The van der Waals surface area contributed by atoms with E-state index in [2.05, 4.69) is 28.7 Å². The minimum atomic E-state index is -5.39. The molecular formula is C18H36Mo5N6O26P2-30. The summed E-state index contributed by atoms with van der Waals surface area (Å²) in [6.07, 6.45) is 0. The van der Waals surface area contributed by atoms with Gasteiger partial charge < -0.3 is 171 Å². The maximum absolute atomic E-state index is 8.66. The zero-order chi connectivity index (χ0) is 26.9. The van der Waals surface area contributed by atoms with Crippen molar-refractivity contribution in [3.63, 3.8) is 0 Å². The Kier molecular flexibility index (Phi) is 294. The molecule has 0 aliphatic carbocycles. The number of nitrogen functional groups attached to an aromatic ring is 1. The van der Waals surface area contributed by atoms with Gasteiger partial charge in [-0.1, -0.05) is 36.4 Å². The first-order valence-electron chi connectivity index (χ1n) is 9.02. The van der Waals surface area contributed by atoms with E-state index in [0.717, 1.165) is 34.1 Å². The van der Waals surface area contributed by atoms with Crippen LogP contribution >= 0.6 is 15.6 Å². The zero-order valence-electron chi connectivity index (χ0n) is 27.9. The number of hydrogen-bond donors (Lipinski definition) is 7. The van der Waals surface area contributed by atoms with Crippen molar-refractivity contribution < 1.29 is 271 Å². The quantitative estimate of drug-likeness (QED) is 0.0638. The molecule has 32 nitrogen and oxygen atoms in total. The first-order valence-corrected chi connectivity index (χ1v) is 12.0. The molecule has 57 heavy (non-hydrogen) atoms. The van der Waals surface area contributed by atoms with Crippen molar-refractivity contribution in [3.05, 3.63) is 72.8 Å². The van der Waals surface area contributed by atoms with Gasteiger partial charge in [0.2, 0.25) is 0 Å². The first-order chi connectivity index (χ1) is 15.4. The molecule has 39 heteroatoms. The van der Waals surface area contributed by atoms with E-state index in [-0.39, 0.29) is 204 Å². The van der Waals surface area contributed by atoms with E-state index in [0.29, 0.717) is 0 Å². The summed E-state index contributed by atoms with van der Waals surface area (Å²) in [5.74, 6) is 0. The molecule has 0 spiro atoms.